The summed E-state index contributed by atoms with van der Waals surface area (Å²) in [5.74, 6) is 0. The Morgan fingerprint density at radius 2 is 1.82 bits per heavy atom. The number of nitrogen functional groups attached to an aromatic ring is 1. The van der Waals surface area contributed by atoms with Crippen molar-refractivity contribution in [3.05, 3.63) is 51.6 Å². The molecule has 0 radical (unpaired) electrons. The van der Waals surface area contributed by atoms with Crippen LogP contribution in [0.4, 0.5) is 5.69 Å². The third-order valence-corrected chi connectivity index (χ3v) is 2.61. The molecule has 6 nitrogen and oxygen atoms in total. The van der Waals surface area contributed by atoms with E-state index in [1.165, 1.54) is 15.2 Å². The minimum atomic E-state index is -0.122. The highest BCUT2D eigenvalue weighted by Crippen LogP contribution is 1.96. The van der Waals surface area contributed by atoms with Crippen LogP contribution in [0.15, 0.2) is 40.3 Å². The van der Waals surface area contributed by atoms with Crippen LogP contribution < -0.4 is 17.0 Å². The van der Waals surface area contributed by atoms with Crippen LogP contribution in [0.1, 0.15) is 0 Å². The first kappa shape index (κ1) is 11.3. The molecule has 0 spiro atoms. The normalized spacial score (nSPS) is 10.6. The summed E-state index contributed by atoms with van der Waals surface area (Å²) in [6.45, 7) is 0.872. The maximum atomic E-state index is 11.6. The van der Waals surface area contributed by atoms with Crippen molar-refractivity contribution < 1.29 is 0 Å². The Morgan fingerprint density at radius 3 is 2.47 bits per heavy atom. The van der Waals surface area contributed by atoms with E-state index < -0.39 is 0 Å². The van der Waals surface area contributed by atoms with Gasteiger partial charge in [-0.25, -0.2) is 4.79 Å². The van der Waals surface area contributed by atoms with Crippen LogP contribution in [-0.4, -0.2) is 13.7 Å². The number of anilines is 1. The van der Waals surface area contributed by atoms with Gasteiger partial charge in [0.25, 0.3) is 5.56 Å². The fraction of sp³-hybridized carbons (Fsp3) is 0.273. The number of hydrogen-bond donors (Lipinski definition) is 1. The average Bonchev–Trinajstić information content (AvgIpc) is 2.62. The highest BCUT2D eigenvalue weighted by Gasteiger charge is 2.01. The number of aromatic nitrogens is 3. The quantitative estimate of drug-likeness (QED) is 0.787. The van der Waals surface area contributed by atoms with Gasteiger partial charge in [0, 0.05) is 50.5 Å². The third kappa shape index (κ3) is 2.30. The molecule has 0 aliphatic carbocycles. The summed E-state index contributed by atoms with van der Waals surface area (Å²) in [6, 6.07) is 2.98. The summed E-state index contributed by atoms with van der Waals surface area (Å²) in [5, 5.41) is 0. The zero-order valence-corrected chi connectivity index (χ0v) is 9.54. The summed E-state index contributed by atoms with van der Waals surface area (Å²) in [5.41, 5.74) is 5.91. The third-order valence-electron chi connectivity index (χ3n) is 2.61. The Bertz CT molecular complexity index is 635. The zero-order valence-electron chi connectivity index (χ0n) is 9.54. The Labute approximate surface area is 97.5 Å². The van der Waals surface area contributed by atoms with Gasteiger partial charge in [0.2, 0.25) is 0 Å². The van der Waals surface area contributed by atoms with Crippen molar-refractivity contribution in [1.82, 2.24) is 13.7 Å². The average molecular weight is 234 g/mol. The monoisotopic (exact) mass is 234 g/mol. The van der Waals surface area contributed by atoms with E-state index in [0.29, 0.717) is 18.8 Å². The molecule has 0 atom stereocenters. The highest BCUT2D eigenvalue weighted by molar-refractivity contribution is 5.33. The van der Waals surface area contributed by atoms with Crippen molar-refractivity contribution in [3.8, 4) is 0 Å². The molecule has 17 heavy (non-hydrogen) atoms. The molecule has 6 heteroatoms. The second kappa shape index (κ2) is 4.32. The minimum absolute atomic E-state index is 0.0954. The van der Waals surface area contributed by atoms with Crippen LogP contribution in [0.5, 0.6) is 0 Å². The molecule has 0 amide bonds. The molecule has 0 saturated heterocycles. The van der Waals surface area contributed by atoms with Gasteiger partial charge in [-0.15, -0.1) is 0 Å². The molecule has 0 fully saturated rings. The Morgan fingerprint density at radius 1 is 1.12 bits per heavy atom. The van der Waals surface area contributed by atoms with Crippen molar-refractivity contribution in [2.24, 2.45) is 7.05 Å². The zero-order chi connectivity index (χ0) is 12.4. The molecule has 2 aromatic heterocycles. The van der Waals surface area contributed by atoms with Gasteiger partial charge < -0.3 is 14.9 Å². The predicted molar refractivity (Wildman–Crippen MR) is 64.8 cm³/mol. The van der Waals surface area contributed by atoms with Crippen LogP contribution in [0.25, 0.3) is 0 Å². The molecule has 2 N–H and O–H groups in total. The van der Waals surface area contributed by atoms with E-state index in [2.05, 4.69) is 0 Å². The summed E-state index contributed by atoms with van der Waals surface area (Å²) in [6.07, 6.45) is 4.96. The van der Waals surface area contributed by atoms with Gasteiger partial charge in [-0.05, 0) is 6.07 Å². The lowest BCUT2D eigenvalue weighted by molar-refractivity contribution is 0.547. The van der Waals surface area contributed by atoms with Gasteiger partial charge in [0.1, 0.15) is 0 Å². The summed E-state index contributed by atoms with van der Waals surface area (Å²) in [7, 11) is 1.69. The molecule has 0 aliphatic heterocycles. The van der Waals surface area contributed by atoms with Crippen LogP contribution in [0, 0.1) is 0 Å². The topological polar surface area (TPSA) is 75.0 Å². The van der Waals surface area contributed by atoms with Crippen molar-refractivity contribution >= 4 is 5.69 Å². The van der Waals surface area contributed by atoms with E-state index in [-0.39, 0.29) is 11.2 Å². The van der Waals surface area contributed by atoms with Gasteiger partial charge in [-0.3, -0.25) is 9.36 Å². The van der Waals surface area contributed by atoms with Crippen LogP contribution in [-0.2, 0) is 20.1 Å². The summed E-state index contributed by atoms with van der Waals surface area (Å²) >= 11 is 0. The molecule has 2 rings (SSSR count). The van der Waals surface area contributed by atoms with Crippen LogP contribution in [0.3, 0.4) is 0 Å². The molecule has 2 aromatic rings. The van der Waals surface area contributed by atoms with Crippen molar-refractivity contribution in [3.63, 3.8) is 0 Å². The van der Waals surface area contributed by atoms with E-state index in [4.69, 9.17) is 5.73 Å². The molecule has 0 unspecified atom stereocenters. The van der Waals surface area contributed by atoms with E-state index in [9.17, 15) is 9.59 Å². The fourth-order valence-corrected chi connectivity index (χ4v) is 1.62. The largest absolute Gasteiger partial charge is 0.398 e. The number of nitrogens with zero attached hydrogens (tertiary/aromatic N) is 3. The lowest BCUT2D eigenvalue weighted by atomic mass is 10.4. The molecule has 0 aromatic carbocycles. The Kier molecular flexibility index (Phi) is 2.86. The second-order valence-electron chi connectivity index (χ2n) is 3.88. The molecule has 0 saturated carbocycles. The maximum absolute atomic E-state index is 11.6. The van der Waals surface area contributed by atoms with Gasteiger partial charge >= 0.3 is 5.69 Å². The molecular formula is C11H14N4O2. The number of nitrogens with two attached hydrogens (primary N) is 1. The van der Waals surface area contributed by atoms with Gasteiger partial charge in [0.15, 0.2) is 0 Å². The van der Waals surface area contributed by atoms with Crippen molar-refractivity contribution in [2.45, 2.75) is 13.1 Å². The lowest BCUT2D eigenvalue weighted by Crippen LogP contribution is -2.27. The lowest BCUT2D eigenvalue weighted by Gasteiger charge is -2.06. The molecule has 0 bridgehead atoms. The van der Waals surface area contributed by atoms with Gasteiger partial charge in [-0.2, -0.15) is 0 Å². The first-order chi connectivity index (χ1) is 8.08. The summed E-state index contributed by atoms with van der Waals surface area (Å²) < 4.78 is 4.53. The first-order valence-electron chi connectivity index (χ1n) is 5.25. The number of rotatable bonds is 3. The maximum Gasteiger partial charge on any atom is 0.327 e. The number of hydrogen-bond acceptors (Lipinski definition) is 3. The van der Waals surface area contributed by atoms with E-state index >= 15 is 0 Å². The summed E-state index contributed by atoms with van der Waals surface area (Å²) in [4.78, 5) is 23.1. The molecule has 2 heterocycles. The van der Waals surface area contributed by atoms with Crippen molar-refractivity contribution in [1.29, 1.82) is 0 Å². The number of imidazole rings is 1. The fourth-order valence-electron chi connectivity index (χ4n) is 1.62. The standard InChI is InChI=1S/C11H14N4O2/c1-13-4-5-14(11(13)17)6-7-15-8-9(12)2-3-10(15)16/h2-5,8H,6-7,12H2,1H3. The number of aryl methyl sites for hydroxylation is 3. The van der Waals surface area contributed by atoms with Crippen LogP contribution >= 0.6 is 0 Å². The Hall–Kier alpha value is -2.24. The molecule has 0 aliphatic rings. The highest BCUT2D eigenvalue weighted by atomic mass is 16.1. The predicted octanol–water partition coefficient (Wildman–Crippen LogP) is -0.369. The SMILES string of the molecule is Cn1ccn(CCn2cc(N)ccc2=O)c1=O. The van der Waals surface area contributed by atoms with E-state index in [1.807, 2.05) is 0 Å². The van der Waals surface area contributed by atoms with Gasteiger partial charge in [0.05, 0.1) is 0 Å². The Balaban J connectivity index is 2.18. The number of pyridine rings is 1. The van der Waals surface area contributed by atoms with E-state index in [1.54, 1.807) is 36.3 Å². The molecule has 90 valence electrons. The van der Waals surface area contributed by atoms with Crippen molar-refractivity contribution in [2.75, 3.05) is 5.73 Å². The first-order valence-corrected chi connectivity index (χ1v) is 5.25. The smallest absolute Gasteiger partial charge is 0.327 e. The van der Waals surface area contributed by atoms with Gasteiger partial charge in [-0.1, -0.05) is 0 Å². The van der Waals surface area contributed by atoms with Crippen LogP contribution in [0.2, 0.25) is 0 Å². The molecular weight excluding hydrogens is 220 g/mol. The minimum Gasteiger partial charge on any atom is -0.398 e. The van der Waals surface area contributed by atoms with E-state index in [0.717, 1.165) is 0 Å². The second-order valence-corrected chi connectivity index (χ2v) is 3.88.